The zero-order valence-corrected chi connectivity index (χ0v) is 17.0. The number of hydrogen-bond donors (Lipinski definition) is 1. The molecule has 150 valence electrons. The standard InChI is InChI=1S/C20H26N4O3S/c1-16(2)24-19(8-12-21-24)22-20(25)18-9-13-23(14-10-18)28(26,27)15-11-17-6-4-3-5-7-17/h3-8,11-12,15-16,18H,9-10,13-14H2,1-2H3,(H,22,25)/b15-11+. The molecule has 0 unspecified atom stereocenters. The highest BCUT2D eigenvalue weighted by molar-refractivity contribution is 7.92. The molecule has 28 heavy (non-hydrogen) atoms. The molecule has 0 spiro atoms. The van der Waals surface area contributed by atoms with Crippen LogP contribution < -0.4 is 5.32 Å². The van der Waals surface area contributed by atoms with Gasteiger partial charge in [0.15, 0.2) is 0 Å². The van der Waals surface area contributed by atoms with Crippen LogP contribution in [0, 0.1) is 5.92 Å². The Morgan fingerprint density at radius 1 is 1.18 bits per heavy atom. The maximum atomic E-state index is 12.6. The van der Waals surface area contributed by atoms with Gasteiger partial charge < -0.3 is 5.32 Å². The summed E-state index contributed by atoms with van der Waals surface area (Å²) in [5, 5.41) is 8.37. The van der Waals surface area contributed by atoms with Gasteiger partial charge in [0.05, 0.1) is 6.20 Å². The average Bonchev–Trinajstić information content (AvgIpc) is 3.16. The number of piperidine rings is 1. The van der Waals surface area contributed by atoms with Crippen LogP contribution in [-0.4, -0.2) is 41.5 Å². The molecule has 2 heterocycles. The summed E-state index contributed by atoms with van der Waals surface area (Å²) in [5.74, 6) is 0.375. The summed E-state index contributed by atoms with van der Waals surface area (Å²) in [4.78, 5) is 12.6. The van der Waals surface area contributed by atoms with E-state index in [-0.39, 0.29) is 17.9 Å². The molecule has 0 atom stereocenters. The first-order valence-electron chi connectivity index (χ1n) is 9.44. The smallest absolute Gasteiger partial charge is 0.236 e. The van der Waals surface area contributed by atoms with E-state index in [0.29, 0.717) is 31.7 Å². The van der Waals surface area contributed by atoms with E-state index in [1.165, 1.54) is 9.71 Å². The number of amides is 1. The van der Waals surface area contributed by atoms with Gasteiger partial charge in [0.25, 0.3) is 0 Å². The molecule has 1 aromatic carbocycles. The van der Waals surface area contributed by atoms with Gasteiger partial charge >= 0.3 is 0 Å². The summed E-state index contributed by atoms with van der Waals surface area (Å²) in [6, 6.07) is 11.2. The molecule has 1 aliphatic heterocycles. The van der Waals surface area contributed by atoms with E-state index < -0.39 is 10.0 Å². The Morgan fingerprint density at radius 3 is 2.50 bits per heavy atom. The van der Waals surface area contributed by atoms with E-state index in [1.54, 1.807) is 23.0 Å². The largest absolute Gasteiger partial charge is 0.311 e. The maximum Gasteiger partial charge on any atom is 0.236 e. The number of aromatic nitrogens is 2. The molecular formula is C20H26N4O3S. The molecule has 0 saturated carbocycles. The SMILES string of the molecule is CC(C)n1nccc1NC(=O)C1CCN(S(=O)(=O)/C=C/c2ccccc2)CC1. The number of anilines is 1. The number of nitrogens with one attached hydrogen (secondary N) is 1. The Kier molecular flexibility index (Phi) is 6.31. The van der Waals surface area contributed by atoms with Crippen molar-refractivity contribution in [2.75, 3.05) is 18.4 Å². The Morgan fingerprint density at radius 2 is 1.86 bits per heavy atom. The van der Waals surface area contributed by atoms with Crippen LogP contribution in [0.2, 0.25) is 0 Å². The molecule has 0 bridgehead atoms. The van der Waals surface area contributed by atoms with Gasteiger partial charge in [-0.3, -0.25) is 4.79 Å². The van der Waals surface area contributed by atoms with Crippen molar-refractivity contribution in [2.45, 2.75) is 32.7 Å². The fourth-order valence-corrected chi connectivity index (χ4v) is 4.46. The highest BCUT2D eigenvalue weighted by atomic mass is 32.2. The number of sulfonamides is 1. The lowest BCUT2D eigenvalue weighted by Gasteiger charge is -2.29. The second-order valence-electron chi connectivity index (χ2n) is 7.18. The van der Waals surface area contributed by atoms with Gasteiger partial charge in [-0.2, -0.15) is 9.40 Å². The second-order valence-corrected chi connectivity index (χ2v) is 8.99. The minimum absolute atomic E-state index is 0.0840. The number of rotatable bonds is 6. The van der Waals surface area contributed by atoms with E-state index >= 15 is 0 Å². The fourth-order valence-electron chi connectivity index (χ4n) is 3.24. The van der Waals surface area contributed by atoms with Crippen LogP contribution in [0.3, 0.4) is 0 Å². The molecule has 7 nitrogen and oxygen atoms in total. The lowest BCUT2D eigenvalue weighted by molar-refractivity contribution is -0.121. The summed E-state index contributed by atoms with van der Waals surface area (Å²) in [6.07, 6.45) is 4.26. The quantitative estimate of drug-likeness (QED) is 0.805. The monoisotopic (exact) mass is 402 g/mol. The summed E-state index contributed by atoms with van der Waals surface area (Å²) in [6.45, 7) is 4.66. The minimum Gasteiger partial charge on any atom is -0.311 e. The summed E-state index contributed by atoms with van der Waals surface area (Å²) >= 11 is 0. The van der Waals surface area contributed by atoms with Gasteiger partial charge in [0.2, 0.25) is 15.9 Å². The number of nitrogens with zero attached hydrogens (tertiary/aromatic N) is 3. The molecule has 1 aromatic heterocycles. The number of benzene rings is 1. The van der Waals surface area contributed by atoms with Crippen LogP contribution in [0.25, 0.3) is 6.08 Å². The molecule has 3 rings (SSSR count). The summed E-state index contributed by atoms with van der Waals surface area (Å²) in [5.41, 5.74) is 0.835. The fraction of sp³-hybridized carbons (Fsp3) is 0.400. The van der Waals surface area contributed by atoms with Crippen molar-refractivity contribution in [1.82, 2.24) is 14.1 Å². The van der Waals surface area contributed by atoms with Gasteiger partial charge in [-0.15, -0.1) is 0 Å². The van der Waals surface area contributed by atoms with Crippen LogP contribution in [-0.2, 0) is 14.8 Å². The van der Waals surface area contributed by atoms with Crippen LogP contribution in [0.4, 0.5) is 5.82 Å². The van der Waals surface area contributed by atoms with E-state index in [4.69, 9.17) is 0 Å². The zero-order valence-electron chi connectivity index (χ0n) is 16.2. The molecule has 1 saturated heterocycles. The molecule has 2 aromatic rings. The Bertz CT molecular complexity index is 927. The van der Waals surface area contributed by atoms with Gasteiger partial charge in [0, 0.05) is 36.5 Å². The predicted molar refractivity (Wildman–Crippen MR) is 110 cm³/mol. The molecular weight excluding hydrogens is 376 g/mol. The molecule has 8 heteroatoms. The molecule has 0 radical (unpaired) electrons. The zero-order chi connectivity index (χ0) is 20.1. The Labute approximate surface area is 166 Å². The van der Waals surface area contributed by atoms with Crippen LogP contribution in [0.1, 0.15) is 38.3 Å². The molecule has 1 aliphatic rings. The number of hydrogen-bond acceptors (Lipinski definition) is 4. The van der Waals surface area contributed by atoms with Gasteiger partial charge in [-0.1, -0.05) is 30.3 Å². The van der Waals surface area contributed by atoms with E-state index in [1.807, 2.05) is 44.2 Å². The Balaban J connectivity index is 1.57. The third kappa shape index (κ3) is 4.88. The van der Waals surface area contributed by atoms with Crippen LogP contribution >= 0.6 is 0 Å². The van der Waals surface area contributed by atoms with Gasteiger partial charge in [0.1, 0.15) is 5.82 Å². The van der Waals surface area contributed by atoms with Crippen molar-refractivity contribution in [2.24, 2.45) is 5.92 Å². The summed E-state index contributed by atoms with van der Waals surface area (Å²) < 4.78 is 28.3. The van der Waals surface area contributed by atoms with E-state index in [2.05, 4.69) is 10.4 Å². The highest BCUT2D eigenvalue weighted by Crippen LogP contribution is 2.23. The molecule has 1 N–H and O–H groups in total. The van der Waals surface area contributed by atoms with E-state index in [0.717, 1.165) is 5.56 Å². The predicted octanol–water partition coefficient (Wildman–Crippen LogP) is 3.12. The van der Waals surface area contributed by atoms with Crippen LogP contribution in [0.5, 0.6) is 0 Å². The van der Waals surface area contributed by atoms with Crippen LogP contribution in [0.15, 0.2) is 48.0 Å². The highest BCUT2D eigenvalue weighted by Gasteiger charge is 2.30. The molecule has 0 aliphatic carbocycles. The summed E-state index contributed by atoms with van der Waals surface area (Å²) in [7, 11) is -3.49. The second kappa shape index (κ2) is 8.70. The number of carbonyl (C=O) groups excluding carboxylic acids is 1. The van der Waals surface area contributed by atoms with Crippen molar-refractivity contribution in [3.63, 3.8) is 0 Å². The molecule has 1 amide bonds. The van der Waals surface area contributed by atoms with Gasteiger partial charge in [-0.05, 0) is 38.3 Å². The topological polar surface area (TPSA) is 84.3 Å². The lowest BCUT2D eigenvalue weighted by Crippen LogP contribution is -2.40. The van der Waals surface area contributed by atoms with Crippen molar-refractivity contribution in [3.05, 3.63) is 53.6 Å². The van der Waals surface area contributed by atoms with Crippen molar-refractivity contribution >= 4 is 27.8 Å². The Hall–Kier alpha value is -2.45. The minimum atomic E-state index is -3.49. The first kappa shape index (κ1) is 20.3. The van der Waals surface area contributed by atoms with Crippen molar-refractivity contribution < 1.29 is 13.2 Å². The molecule has 1 fully saturated rings. The van der Waals surface area contributed by atoms with Crippen molar-refractivity contribution in [3.8, 4) is 0 Å². The third-order valence-corrected chi connectivity index (χ3v) is 6.39. The lowest BCUT2D eigenvalue weighted by atomic mass is 9.97. The first-order valence-corrected chi connectivity index (χ1v) is 10.9. The van der Waals surface area contributed by atoms with E-state index in [9.17, 15) is 13.2 Å². The normalized spacial score (nSPS) is 16.7. The first-order chi connectivity index (χ1) is 13.4. The van der Waals surface area contributed by atoms with Gasteiger partial charge in [-0.25, -0.2) is 13.1 Å². The maximum absolute atomic E-state index is 12.6. The average molecular weight is 403 g/mol. The van der Waals surface area contributed by atoms with Crippen molar-refractivity contribution in [1.29, 1.82) is 0 Å². The number of carbonyl (C=O) groups is 1. The third-order valence-electron chi connectivity index (χ3n) is 4.83.